The second-order valence-electron chi connectivity index (χ2n) is 7.21. The highest BCUT2D eigenvalue weighted by atomic mass is 16.5. The summed E-state index contributed by atoms with van der Waals surface area (Å²) < 4.78 is 5.85. The number of benzene rings is 3. The van der Waals surface area contributed by atoms with Gasteiger partial charge in [0, 0.05) is 28.9 Å². The Kier molecular flexibility index (Phi) is 6.73. The van der Waals surface area contributed by atoms with Crippen molar-refractivity contribution >= 4 is 34.4 Å². The van der Waals surface area contributed by atoms with Gasteiger partial charge in [-0.2, -0.15) is 0 Å². The van der Waals surface area contributed by atoms with E-state index in [1.807, 2.05) is 48.5 Å². The number of para-hydroxylation sites is 1. The van der Waals surface area contributed by atoms with Gasteiger partial charge in [-0.15, -0.1) is 0 Å². The van der Waals surface area contributed by atoms with Crippen molar-refractivity contribution in [2.45, 2.75) is 0 Å². The molecule has 0 aliphatic rings. The number of hydrogen-bond donors (Lipinski definition) is 3. The molecule has 164 valence electrons. The fourth-order valence-electron chi connectivity index (χ4n) is 3.20. The summed E-state index contributed by atoms with van der Waals surface area (Å²) in [5, 5.41) is 13.6. The van der Waals surface area contributed by atoms with Gasteiger partial charge in [0.1, 0.15) is 6.61 Å². The second-order valence-corrected chi connectivity index (χ2v) is 7.21. The monoisotopic (exact) mass is 439 g/mol. The van der Waals surface area contributed by atoms with Gasteiger partial charge in [0.2, 0.25) is 5.88 Å². The SMILES string of the molecule is O=C(Nc1ccccc1)C(=Cc1ccc(C(=O)NO)cc1)COc1cc2ccccc2cn1. The van der Waals surface area contributed by atoms with E-state index in [0.29, 0.717) is 28.3 Å². The van der Waals surface area contributed by atoms with E-state index < -0.39 is 5.91 Å². The Labute approximate surface area is 190 Å². The Bertz CT molecular complexity index is 1300. The van der Waals surface area contributed by atoms with E-state index in [9.17, 15) is 9.59 Å². The number of rotatable bonds is 7. The molecule has 3 N–H and O–H groups in total. The number of amides is 2. The molecule has 0 aliphatic heterocycles. The van der Waals surface area contributed by atoms with E-state index in [1.165, 1.54) is 0 Å². The second kappa shape index (κ2) is 10.2. The topological polar surface area (TPSA) is 101 Å². The number of hydrogen-bond acceptors (Lipinski definition) is 5. The quantitative estimate of drug-likeness (QED) is 0.224. The van der Waals surface area contributed by atoms with Gasteiger partial charge in [0.25, 0.3) is 11.8 Å². The zero-order valence-electron chi connectivity index (χ0n) is 17.6. The highest BCUT2D eigenvalue weighted by Crippen LogP contribution is 2.19. The Balaban J connectivity index is 1.57. The van der Waals surface area contributed by atoms with E-state index >= 15 is 0 Å². The Hall–Kier alpha value is -4.49. The highest BCUT2D eigenvalue weighted by molar-refractivity contribution is 6.07. The summed E-state index contributed by atoms with van der Waals surface area (Å²) in [7, 11) is 0. The number of pyridine rings is 1. The Morgan fingerprint density at radius 1 is 0.909 bits per heavy atom. The molecule has 33 heavy (non-hydrogen) atoms. The lowest BCUT2D eigenvalue weighted by Gasteiger charge is -2.11. The van der Waals surface area contributed by atoms with E-state index in [4.69, 9.17) is 9.94 Å². The third-order valence-corrected chi connectivity index (χ3v) is 4.92. The van der Waals surface area contributed by atoms with Crippen LogP contribution in [0.2, 0.25) is 0 Å². The molecule has 0 unspecified atom stereocenters. The molecule has 0 bridgehead atoms. The maximum Gasteiger partial charge on any atom is 0.274 e. The fraction of sp³-hybridized carbons (Fsp3) is 0.0385. The van der Waals surface area contributed by atoms with E-state index in [-0.39, 0.29) is 12.5 Å². The van der Waals surface area contributed by atoms with Crippen LogP contribution in [0.3, 0.4) is 0 Å². The van der Waals surface area contributed by atoms with Crippen LogP contribution >= 0.6 is 0 Å². The number of carbonyl (C=O) groups excluding carboxylic acids is 2. The molecule has 0 spiro atoms. The molecule has 0 atom stereocenters. The van der Waals surface area contributed by atoms with Crippen LogP contribution in [0.25, 0.3) is 16.8 Å². The van der Waals surface area contributed by atoms with Crippen LogP contribution < -0.4 is 15.5 Å². The Morgan fingerprint density at radius 3 is 2.33 bits per heavy atom. The van der Waals surface area contributed by atoms with Crippen LogP contribution in [-0.2, 0) is 4.79 Å². The molecule has 2 amide bonds. The first-order valence-electron chi connectivity index (χ1n) is 10.2. The first-order valence-corrected chi connectivity index (χ1v) is 10.2. The number of carbonyl (C=O) groups is 2. The number of ether oxygens (including phenoxy) is 1. The number of anilines is 1. The molecule has 4 aromatic rings. The molecule has 0 saturated carbocycles. The lowest BCUT2D eigenvalue weighted by atomic mass is 10.1. The van der Waals surface area contributed by atoms with Crippen molar-refractivity contribution in [2.75, 3.05) is 11.9 Å². The zero-order valence-corrected chi connectivity index (χ0v) is 17.6. The summed E-state index contributed by atoms with van der Waals surface area (Å²) in [4.78, 5) is 28.9. The standard InChI is InChI=1S/C26H21N3O4/c30-25(28-23-8-2-1-3-9-23)22(14-18-10-12-19(13-11-18)26(31)29-32)17-33-24-15-20-6-4-5-7-21(20)16-27-24/h1-16,32H,17H2,(H,28,30)(H,29,31). The largest absolute Gasteiger partial charge is 0.473 e. The normalized spacial score (nSPS) is 11.1. The first-order chi connectivity index (χ1) is 16.1. The first kappa shape index (κ1) is 21.7. The van der Waals surface area contributed by atoms with E-state index in [1.54, 1.807) is 54.2 Å². The average molecular weight is 439 g/mol. The van der Waals surface area contributed by atoms with Crippen molar-refractivity contribution in [3.05, 3.63) is 108 Å². The lowest BCUT2D eigenvalue weighted by Crippen LogP contribution is -2.19. The Morgan fingerprint density at radius 2 is 1.61 bits per heavy atom. The molecule has 7 nitrogen and oxygen atoms in total. The minimum absolute atomic E-state index is 0.0110. The van der Waals surface area contributed by atoms with E-state index in [0.717, 1.165) is 10.8 Å². The zero-order chi connectivity index (χ0) is 23.0. The summed E-state index contributed by atoms with van der Waals surface area (Å²) >= 11 is 0. The molecular formula is C26H21N3O4. The van der Waals surface area contributed by atoms with Crippen LogP contribution in [-0.4, -0.2) is 28.6 Å². The van der Waals surface area contributed by atoms with Crippen LogP contribution in [0.4, 0.5) is 5.69 Å². The smallest absolute Gasteiger partial charge is 0.274 e. The minimum Gasteiger partial charge on any atom is -0.473 e. The van der Waals surface area contributed by atoms with Gasteiger partial charge >= 0.3 is 0 Å². The van der Waals surface area contributed by atoms with Crippen molar-refractivity contribution in [2.24, 2.45) is 0 Å². The summed E-state index contributed by atoms with van der Waals surface area (Å²) in [6.45, 7) is -0.0110. The average Bonchev–Trinajstić information content (AvgIpc) is 2.86. The van der Waals surface area contributed by atoms with Crippen molar-refractivity contribution in [3.63, 3.8) is 0 Å². The third-order valence-electron chi connectivity index (χ3n) is 4.92. The van der Waals surface area contributed by atoms with Crippen molar-refractivity contribution < 1.29 is 19.5 Å². The van der Waals surface area contributed by atoms with Gasteiger partial charge in [-0.1, -0.05) is 54.6 Å². The minimum atomic E-state index is -0.613. The third kappa shape index (κ3) is 5.61. The lowest BCUT2D eigenvalue weighted by molar-refractivity contribution is -0.113. The summed E-state index contributed by atoms with van der Waals surface area (Å²) in [5.74, 6) is -0.528. The van der Waals surface area contributed by atoms with Gasteiger partial charge in [-0.25, -0.2) is 10.5 Å². The van der Waals surface area contributed by atoms with Crippen molar-refractivity contribution in [3.8, 4) is 5.88 Å². The van der Waals surface area contributed by atoms with Gasteiger partial charge in [0.05, 0.1) is 5.57 Å². The fourth-order valence-corrected chi connectivity index (χ4v) is 3.20. The highest BCUT2D eigenvalue weighted by Gasteiger charge is 2.13. The van der Waals surface area contributed by atoms with Crippen LogP contribution in [0, 0.1) is 0 Å². The van der Waals surface area contributed by atoms with Crippen molar-refractivity contribution in [1.82, 2.24) is 10.5 Å². The van der Waals surface area contributed by atoms with Crippen LogP contribution in [0.1, 0.15) is 15.9 Å². The molecule has 0 aliphatic carbocycles. The molecule has 0 fully saturated rings. The van der Waals surface area contributed by atoms with Gasteiger partial charge in [0.15, 0.2) is 0 Å². The summed E-state index contributed by atoms with van der Waals surface area (Å²) in [6, 6.07) is 25.2. The number of aromatic nitrogens is 1. The summed E-state index contributed by atoms with van der Waals surface area (Å²) in [6.07, 6.45) is 3.41. The maximum atomic E-state index is 13.0. The predicted octanol–water partition coefficient (Wildman–Crippen LogP) is 4.45. The van der Waals surface area contributed by atoms with Crippen LogP contribution in [0.15, 0.2) is 96.7 Å². The molecule has 0 saturated heterocycles. The number of fused-ring (bicyclic) bond motifs is 1. The molecule has 0 radical (unpaired) electrons. The van der Waals surface area contributed by atoms with Gasteiger partial charge in [-0.05, 0) is 41.3 Å². The van der Waals surface area contributed by atoms with Gasteiger partial charge < -0.3 is 10.1 Å². The summed E-state index contributed by atoms with van der Waals surface area (Å²) in [5.41, 5.74) is 3.61. The molecular weight excluding hydrogens is 418 g/mol. The number of nitrogens with zero attached hydrogens (tertiary/aromatic N) is 1. The maximum absolute atomic E-state index is 13.0. The molecule has 4 rings (SSSR count). The number of hydroxylamine groups is 1. The predicted molar refractivity (Wildman–Crippen MR) is 126 cm³/mol. The van der Waals surface area contributed by atoms with Crippen LogP contribution in [0.5, 0.6) is 5.88 Å². The molecule has 7 heteroatoms. The molecule has 1 aromatic heterocycles. The van der Waals surface area contributed by atoms with Crippen molar-refractivity contribution in [1.29, 1.82) is 0 Å². The van der Waals surface area contributed by atoms with E-state index in [2.05, 4.69) is 10.3 Å². The number of nitrogens with one attached hydrogen (secondary N) is 2. The molecule has 1 heterocycles. The van der Waals surface area contributed by atoms with Gasteiger partial charge in [-0.3, -0.25) is 14.8 Å². The molecule has 3 aromatic carbocycles.